The summed E-state index contributed by atoms with van der Waals surface area (Å²) < 4.78 is 1.62. The van der Waals surface area contributed by atoms with E-state index in [4.69, 9.17) is 0 Å². The molecule has 23 heavy (non-hydrogen) atoms. The van der Waals surface area contributed by atoms with E-state index in [1.807, 2.05) is 6.07 Å². The maximum atomic E-state index is 12.4. The topological polar surface area (TPSA) is 67.2 Å². The number of nitrogens with zero attached hydrogens (tertiary/aromatic N) is 3. The Labute approximate surface area is 137 Å². The van der Waals surface area contributed by atoms with Crippen LogP contribution >= 0.6 is 0 Å². The molecule has 2 heterocycles. The van der Waals surface area contributed by atoms with Crippen molar-refractivity contribution in [2.24, 2.45) is 13.0 Å². The van der Waals surface area contributed by atoms with E-state index in [0.29, 0.717) is 18.2 Å². The Morgan fingerprint density at radius 2 is 2.26 bits per heavy atom. The lowest BCUT2D eigenvalue weighted by molar-refractivity contribution is -0.126. The first-order valence-corrected chi connectivity index (χ1v) is 8.16. The number of likely N-dealkylation sites (tertiary alicyclic amines) is 1. The maximum Gasteiger partial charge on any atom is 0.269 e. The van der Waals surface area contributed by atoms with E-state index >= 15 is 0 Å². The standard InChI is InChI=1S/C17H26N4O2/c1-5-16(22)21-8-6-7-14(21)11-18-17(23)15-10-13(9-12(2)3)19-20(15)4/h5,10,12,14H,1,6-9,11H2,2-4H3,(H,18,23)/t14-/m1/s1. The molecule has 1 aliphatic heterocycles. The Morgan fingerprint density at radius 1 is 1.52 bits per heavy atom. The normalized spacial score (nSPS) is 17.6. The molecule has 0 bridgehead atoms. The van der Waals surface area contributed by atoms with Gasteiger partial charge in [0.1, 0.15) is 5.69 Å². The van der Waals surface area contributed by atoms with Crippen LogP contribution in [0.3, 0.4) is 0 Å². The van der Waals surface area contributed by atoms with Gasteiger partial charge in [0.25, 0.3) is 5.91 Å². The predicted octanol–water partition coefficient (Wildman–Crippen LogP) is 1.53. The molecule has 0 radical (unpaired) electrons. The van der Waals surface area contributed by atoms with Crippen LogP contribution in [-0.2, 0) is 18.3 Å². The number of rotatable bonds is 6. The molecule has 1 aromatic rings. The van der Waals surface area contributed by atoms with Crippen LogP contribution in [0.15, 0.2) is 18.7 Å². The minimum atomic E-state index is -0.145. The number of aromatic nitrogens is 2. The van der Waals surface area contributed by atoms with Crippen LogP contribution in [0.2, 0.25) is 0 Å². The lowest BCUT2D eigenvalue weighted by Gasteiger charge is -2.23. The first kappa shape index (κ1) is 17.2. The lowest BCUT2D eigenvalue weighted by Crippen LogP contribution is -2.42. The van der Waals surface area contributed by atoms with Gasteiger partial charge in [0.05, 0.1) is 5.69 Å². The fraction of sp³-hybridized carbons (Fsp3) is 0.588. The second kappa shape index (κ2) is 7.44. The van der Waals surface area contributed by atoms with E-state index < -0.39 is 0 Å². The minimum absolute atomic E-state index is 0.0489. The van der Waals surface area contributed by atoms with E-state index in [9.17, 15) is 9.59 Å². The van der Waals surface area contributed by atoms with E-state index in [-0.39, 0.29) is 17.9 Å². The molecule has 1 saturated heterocycles. The summed E-state index contributed by atoms with van der Waals surface area (Å²) in [5, 5.41) is 7.32. The van der Waals surface area contributed by atoms with Crippen molar-refractivity contribution in [3.05, 3.63) is 30.1 Å². The second-order valence-electron chi connectivity index (χ2n) is 6.48. The highest BCUT2D eigenvalue weighted by Gasteiger charge is 2.27. The number of aryl methyl sites for hydroxylation is 1. The van der Waals surface area contributed by atoms with Gasteiger partial charge >= 0.3 is 0 Å². The summed E-state index contributed by atoms with van der Waals surface area (Å²) in [4.78, 5) is 25.9. The van der Waals surface area contributed by atoms with Crippen molar-refractivity contribution in [3.8, 4) is 0 Å². The molecule has 1 atom stereocenters. The highest BCUT2D eigenvalue weighted by atomic mass is 16.2. The van der Waals surface area contributed by atoms with Crippen molar-refractivity contribution in [2.45, 2.75) is 39.2 Å². The van der Waals surface area contributed by atoms with Crippen LogP contribution in [0.5, 0.6) is 0 Å². The van der Waals surface area contributed by atoms with Crippen LogP contribution in [0, 0.1) is 5.92 Å². The highest BCUT2D eigenvalue weighted by molar-refractivity contribution is 5.92. The molecule has 0 saturated carbocycles. The molecule has 0 spiro atoms. The van der Waals surface area contributed by atoms with Gasteiger partial charge in [0.15, 0.2) is 0 Å². The summed E-state index contributed by atoms with van der Waals surface area (Å²) in [5.74, 6) is 0.284. The maximum absolute atomic E-state index is 12.4. The van der Waals surface area contributed by atoms with Crippen LogP contribution in [0.4, 0.5) is 0 Å². The predicted molar refractivity (Wildman–Crippen MR) is 89.0 cm³/mol. The zero-order valence-corrected chi connectivity index (χ0v) is 14.2. The lowest BCUT2D eigenvalue weighted by atomic mass is 10.1. The van der Waals surface area contributed by atoms with Gasteiger partial charge in [0, 0.05) is 26.2 Å². The van der Waals surface area contributed by atoms with E-state index in [0.717, 1.165) is 31.5 Å². The summed E-state index contributed by atoms with van der Waals surface area (Å²) in [7, 11) is 1.78. The number of hydrogen-bond donors (Lipinski definition) is 1. The Hall–Kier alpha value is -2.11. The fourth-order valence-corrected chi connectivity index (χ4v) is 3.01. The smallest absolute Gasteiger partial charge is 0.269 e. The van der Waals surface area contributed by atoms with Gasteiger partial charge in [0.2, 0.25) is 5.91 Å². The third-order valence-electron chi connectivity index (χ3n) is 4.11. The van der Waals surface area contributed by atoms with Gasteiger partial charge in [-0.2, -0.15) is 5.10 Å². The molecule has 0 unspecified atom stereocenters. The molecule has 6 heteroatoms. The fourth-order valence-electron chi connectivity index (χ4n) is 3.01. The quantitative estimate of drug-likeness (QED) is 0.809. The average molecular weight is 318 g/mol. The van der Waals surface area contributed by atoms with Crippen LogP contribution < -0.4 is 5.32 Å². The number of nitrogens with one attached hydrogen (secondary N) is 1. The van der Waals surface area contributed by atoms with Crippen molar-refractivity contribution in [1.29, 1.82) is 0 Å². The molecular weight excluding hydrogens is 292 g/mol. The van der Waals surface area contributed by atoms with Gasteiger partial charge in [-0.15, -0.1) is 0 Å². The molecule has 6 nitrogen and oxygen atoms in total. The molecule has 2 rings (SSSR count). The van der Waals surface area contributed by atoms with E-state index in [2.05, 4.69) is 30.8 Å². The van der Waals surface area contributed by atoms with Gasteiger partial charge in [-0.1, -0.05) is 20.4 Å². The SMILES string of the molecule is C=CC(=O)N1CCC[C@@H]1CNC(=O)c1cc(CC(C)C)nn1C. The summed E-state index contributed by atoms with van der Waals surface area (Å²) >= 11 is 0. The molecule has 1 fully saturated rings. The molecule has 1 N–H and O–H groups in total. The van der Waals surface area contributed by atoms with E-state index in [1.165, 1.54) is 6.08 Å². The Balaban J connectivity index is 1.95. The molecule has 0 aliphatic carbocycles. The van der Waals surface area contributed by atoms with Gasteiger partial charge < -0.3 is 10.2 Å². The molecule has 0 aromatic carbocycles. The molecular formula is C17H26N4O2. The number of hydrogen-bond acceptors (Lipinski definition) is 3. The Bertz CT molecular complexity index is 591. The first-order valence-electron chi connectivity index (χ1n) is 8.16. The summed E-state index contributed by atoms with van der Waals surface area (Å²) in [5.41, 5.74) is 1.48. The van der Waals surface area contributed by atoms with E-state index in [1.54, 1.807) is 16.6 Å². The molecule has 2 amide bonds. The van der Waals surface area contributed by atoms with Crippen molar-refractivity contribution in [3.63, 3.8) is 0 Å². The van der Waals surface area contributed by atoms with Gasteiger partial charge in [-0.25, -0.2) is 0 Å². The van der Waals surface area contributed by atoms with Crippen molar-refractivity contribution < 1.29 is 9.59 Å². The molecule has 1 aliphatic rings. The van der Waals surface area contributed by atoms with Crippen molar-refractivity contribution in [1.82, 2.24) is 20.0 Å². The zero-order valence-electron chi connectivity index (χ0n) is 14.2. The Kier molecular flexibility index (Phi) is 5.58. The molecule has 1 aromatic heterocycles. The summed E-state index contributed by atoms with van der Waals surface area (Å²) in [6.07, 6.45) is 4.05. The minimum Gasteiger partial charge on any atom is -0.349 e. The number of carbonyl (C=O) groups is 2. The third-order valence-corrected chi connectivity index (χ3v) is 4.11. The molecule has 126 valence electrons. The highest BCUT2D eigenvalue weighted by Crippen LogP contribution is 2.17. The zero-order chi connectivity index (χ0) is 17.0. The van der Waals surface area contributed by atoms with Crippen molar-refractivity contribution in [2.75, 3.05) is 13.1 Å². The average Bonchev–Trinajstić information content (AvgIpc) is 3.10. The number of carbonyl (C=O) groups excluding carboxylic acids is 2. The Morgan fingerprint density at radius 3 is 2.91 bits per heavy atom. The largest absolute Gasteiger partial charge is 0.349 e. The van der Waals surface area contributed by atoms with Crippen LogP contribution in [-0.4, -0.2) is 45.6 Å². The van der Waals surface area contributed by atoms with Crippen LogP contribution in [0.25, 0.3) is 0 Å². The number of amides is 2. The third kappa shape index (κ3) is 4.21. The van der Waals surface area contributed by atoms with Crippen molar-refractivity contribution >= 4 is 11.8 Å². The second-order valence-corrected chi connectivity index (χ2v) is 6.48. The first-order chi connectivity index (χ1) is 10.9. The van der Waals surface area contributed by atoms with Gasteiger partial charge in [-0.3, -0.25) is 14.3 Å². The monoisotopic (exact) mass is 318 g/mol. The summed E-state index contributed by atoms with van der Waals surface area (Å²) in [6.45, 7) is 8.97. The summed E-state index contributed by atoms with van der Waals surface area (Å²) in [6, 6.07) is 1.89. The van der Waals surface area contributed by atoms with Gasteiger partial charge in [-0.05, 0) is 37.3 Å². The van der Waals surface area contributed by atoms with Crippen LogP contribution in [0.1, 0.15) is 42.9 Å².